The summed E-state index contributed by atoms with van der Waals surface area (Å²) in [6, 6.07) is 5.98. The molecule has 0 atom stereocenters. The number of benzene rings is 1. The predicted molar refractivity (Wildman–Crippen MR) is 89.5 cm³/mol. The van der Waals surface area contributed by atoms with E-state index in [4.69, 9.17) is 14.2 Å². The number of rotatable bonds is 7. The molecule has 3 nitrogen and oxygen atoms in total. The molecular weight excluding hydrogens is 276 g/mol. The van der Waals surface area contributed by atoms with Gasteiger partial charge in [-0.25, -0.2) is 0 Å². The van der Waals surface area contributed by atoms with Crippen molar-refractivity contribution in [1.82, 2.24) is 0 Å². The maximum absolute atomic E-state index is 5.72. The Morgan fingerprint density at radius 1 is 1.09 bits per heavy atom. The second-order valence-corrected chi connectivity index (χ2v) is 5.86. The summed E-state index contributed by atoms with van der Waals surface area (Å²) in [5.41, 5.74) is 3.86. The fourth-order valence-corrected chi connectivity index (χ4v) is 2.25. The summed E-state index contributed by atoms with van der Waals surface area (Å²) in [6.45, 7) is 8.91. The normalized spacial score (nSPS) is 13.9. The number of ether oxygens (including phenoxy) is 3. The molecule has 0 N–H and O–H groups in total. The molecule has 0 saturated heterocycles. The van der Waals surface area contributed by atoms with Gasteiger partial charge in [0.1, 0.15) is 13.2 Å². The molecular formula is C19H26O3. The van der Waals surface area contributed by atoms with Crippen molar-refractivity contribution in [2.24, 2.45) is 0 Å². The van der Waals surface area contributed by atoms with Crippen molar-refractivity contribution in [3.05, 3.63) is 47.1 Å². The van der Waals surface area contributed by atoms with E-state index in [1.807, 2.05) is 18.2 Å². The standard InChI is InChI=1S/C19H26O3/c1-15(2)5-4-6-16(3)9-10-20-14-17-7-8-18-19(13-17)22-12-11-21-18/h5,7-9,13H,4,6,10-12,14H2,1-3H3. The minimum Gasteiger partial charge on any atom is -0.486 e. The van der Waals surface area contributed by atoms with Crippen molar-refractivity contribution < 1.29 is 14.2 Å². The zero-order valence-corrected chi connectivity index (χ0v) is 13.9. The van der Waals surface area contributed by atoms with E-state index in [2.05, 4.69) is 32.9 Å². The van der Waals surface area contributed by atoms with Gasteiger partial charge in [-0.2, -0.15) is 0 Å². The van der Waals surface area contributed by atoms with Crippen molar-refractivity contribution in [3.8, 4) is 11.5 Å². The molecule has 1 heterocycles. The molecule has 0 bridgehead atoms. The molecule has 0 spiro atoms. The highest BCUT2D eigenvalue weighted by Gasteiger charge is 2.11. The Hall–Kier alpha value is -1.74. The third-order valence-electron chi connectivity index (χ3n) is 3.52. The van der Waals surface area contributed by atoms with E-state index >= 15 is 0 Å². The van der Waals surface area contributed by atoms with Gasteiger partial charge >= 0.3 is 0 Å². The molecule has 0 amide bonds. The Labute approximate surface area is 133 Å². The quantitative estimate of drug-likeness (QED) is 0.541. The molecule has 0 aliphatic carbocycles. The molecule has 22 heavy (non-hydrogen) atoms. The molecule has 1 aliphatic rings. The Kier molecular flexibility index (Phi) is 6.53. The highest BCUT2D eigenvalue weighted by molar-refractivity contribution is 5.43. The van der Waals surface area contributed by atoms with Crippen LogP contribution in [0.2, 0.25) is 0 Å². The highest BCUT2D eigenvalue weighted by Crippen LogP contribution is 2.30. The molecule has 1 aromatic carbocycles. The van der Waals surface area contributed by atoms with E-state index in [1.54, 1.807) is 0 Å². The average Bonchev–Trinajstić information content (AvgIpc) is 2.51. The lowest BCUT2D eigenvalue weighted by Crippen LogP contribution is -2.15. The van der Waals surface area contributed by atoms with Gasteiger partial charge in [-0.1, -0.05) is 29.4 Å². The monoisotopic (exact) mass is 302 g/mol. The molecule has 0 saturated carbocycles. The van der Waals surface area contributed by atoms with Crippen LogP contribution in [0, 0.1) is 0 Å². The summed E-state index contributed by atoms with van der Waals surface area (Å²) in [7, 11) is 0. The van der Waals surface area contributed by atoms with Gasteiger partial charge in [0.05, 0.1) is 13.2 Å². The summed E-state index contributed by atoms with van der Waals surface area (Å²) >= 11 is 0. The van der Waals surface area contributed by atoms with E-state index in [9.17, 15) is 0 Å². The van der Waals surface area contributed by atoms with Gasteiger partial charge in [-0.05, 0) is 51.3 Å². The van der Waals surface area contributed by atoms with E-state index in [0.717, 1.165) is 29.9 Å². The van der Waals surface area contributed by atoms with Crippen LogP contribution in [0.15, 0.2) is 41.5 Å². The van der Waals surface area contributed by atoms with Crippen LogP contribution in [0.1, 0.15) is 39.2 Å². The molecule has 120 valence electrons. The molecule has 2 rings (SSSR count). The zero-order valence-electron chi connectivity index (χ0n) is 13.9. The van der Waals surface area contributed by atoms with E-state index in [1.165, 1.54) is 11.1 Å². The molecule has 3 heteroatoms. The fraction of sp³-hybridized carbons (Fsp3) is 0.474. The first-order valence-electron chi connectivity index (χ1n) is 7.90. The second kappa shape index (κ2) is 8.64. The first-order valence-corrected chi connectivity index (χ1v) is 7.90. The van der Waals surface area contributed by atoms with Crippen LogP contribution in [0.25, 0.3) is 0 Å². The van der Waals surface area contributed by atoms with Crippen LogP contribution in [0.5, 0.6) is 11.5 Å². The van der Waals surface area contributed by atoms with E-state index in [0.29, 0.717) is 26.4 Å². The Morgan fingerprint density at radius 2 is 1.86 bits per heavy atom. The Balaban J connectivity index is 1.73. The van der Waals surface area contributed by atoms with Crippen LogP contribution >= 0.6 is 0 Å². The van der Waals surface area contributed by atoms with Gasteiger partial charge in [-0.3, -0.25) is 0 Å². The van der Waals surface area contributed by atoms with Crippen molar-refractivity contribution in [2.75, 3.05) is 19.8 Å². The lowest BCUT2D eigenvalue weighted by atomic mass is 10.1. The minimum absolute atomic E-state index is 0.592. The van der Waals surface area contributed by atoms with Crippen molar-refractivity contribution >= 4 is 0 Å². The zero-order chi connectivity index (χ0) is 15.8. The van der Waals surface area contributed by atoms with Gasteiger partial charge < -0.3 is 14.2 Å². The average molecular weight is 302 g/mol. The lowest BCUT2D eigenvalue weighted by Gasteiger charge is -2.18. The highest BCUT2D eigenvalue weighted by atomic mass is 16.6. The van der Waals surface area contributed by atoms with Crippen molar-refractivity contribution in [3.63, 3.8) is 0 Å². The maximum Gasteiger partial charge on any atom is 0.161 e. The molecule has 1 aliphatic heterocycles. The van der Waals surface area contributed by atoms with E-state index in [-0.39, 0.29) is 0 Å². The lowest BCUT2D eigenvalue weighted by molar-refractivity contribution is 0.146. The van der Waals surface area contributed by atoms with Gasteiger partial charge in [0.2, 0.25) is 0 Å². The molecule has 0 radical (unpaired) electrons. The minimum atomic E-state index is 0.592. The number of hydrogen-bond acceptors (Lipinski definition) is 3. The van der Waals surface area contributed by atoms with E-state index < -0.39 is 0 Å². The summed E-state index contributed by atoms with van der Waals surface area (Å²) in [5, 5.41) is 0. The Bertz CT molecular complexity index is 540. The fourth-order valence-electron chi connectivity index (χ4n) is 2.25. The summed E-state index contributed by atoms with van der Waals surface area (Å²) in [4.78, 5) is 0. The molecule has 0 fully saturated rings. The van der Waals surface area contributed by atoms with Crippen LogP contribution in [0.4, 0.5) is 0 Å². The number of allylic oxidation sites excluding steroid dienone is 3. The third kappa shape index (κ3) is 5.57. The SMILES string of the molecule is CC(C)=CCCC(C)=CCOCc1ccc2c(c1)OCCO2. The summed E-state index contributed by atoms with van der Waals surface area (Å²) in [6.07, 6.45) is 6.63. The summed E-state index contributed by atoms with van der Waals surface area (Å²) < 4.78 is 16.8. The third-order valence-corrected chi connectivity index (χ3v) is 3.52. The Morgan fingerprint density at radius 3 is 2.64 bits per heavy atom. The van der Waals surface area contributed by atoms with Gasteiger partial charge in [0.15, 0.2) is 11.5 Å². The van der Waals surface area contributed by atoms with Gasteiger partial charge in [0.25, 0.3) is 0 Å². The largest absolute Gasteiger partial charge is 0.486 e. The second-order valence-electron chi connectivity index (χ2n) is 5.86. The predicted octanol–water partition coefficient (Wildman–Crippen LogP) is 4.67. The maximum atomic E-state index is 5.72. The van der Waals surface area contributed by atoms with Crippen molar-refractivity contribution in [1.29, 1.82) is 0 Å². The topological polar surface area (TPSA) is 27.7 Å². The van der Waals surface area contributed by atoms with Crippen LogP contribution in [0.3, 0.4) is 0 Å². The number of hydrogen-bond donors (Lipinski definition) is 0. The molecule has 1 aromatic rings. The molecule has 0 unspecified atom stereocenters. The van der Waals surface area contributed by atoms with Crippen molar-refractivity contribution in [2.45, 2.75) is 40.2 Å². The smallest absolute Gasteiger partial charge is 0.161 e. The van der Waals surface area contributed by atoms with Crippen LogP contribution < -0.4 is 9.47 Å². The first kappa shape index (κ1) is 16.6. The van der Waals surface area contributed by atoms with Gasteiger partial charge in [-0.15, -0.1) is 0 Å². The van der Waals surface area contributed by atoms with Gasteiger partial charge in [0, 0.05) is 0 Å². The molecule has 0 aromatic heterocycles. The first-order chi connectivity index (χ1) is 10.6. The summed E-state index contributed by atoms with van der Waals surface area (Å²) in [5.74, 6) is 1.64. The van der Waals surface area contributed by atoms with Crippen LogP contribution in [-0.2, 0) is 11.3 Å². The number of fused-ring (bicyclic) bond motifs is 1. The van der Waals surface area contributed by atoms with Crippen LogP contribution in [-0.4, -0.2) is 19.8 Å².